The molecule has 2 amide bonds. The van der Waals surface area contributed by atoms with Gasteiger partial charge in [-0.3, -0.25) is 0 Å². The Morgan fingerprint density at radius 2 is 1.75 bits per heavy atom. The number of hydrogen-bond acceptors (Lipinski definition) is 6. The smallest absolute Gasteiger partial charge is 0.321 e. The maximum atomic E-state index is 12.4. The van der Waals surface area contributed by atoms with Crippen molar-refractivity contribution in [2.45, 2.75) is 0 Å². The van der Waals surface area contributed by atoms with E-state index >= 15 is 0 Å². The first-order chi connectivity index (χ1) is 13.7. The lowest BCUT2D eigenvalue weighted by atomic mass is 10.2. The van der Waals surface area contributed by atoms with Crippen molar-refractivity contribution in [1.29, 1.82) is 0 Å². The third-order valence-corrected chi connectivity index (χ3v) is 5.40. The second kappa shape index (κ2) is 8.26. The van der Waals surface area contributed by atoms with Gasteiger partial charge >= 0.3 is 6.03 Å². The molecule has 0 saturated carbocycles. The fourth-order valence-electron chi connectivity index (χ4n) is 3.03. The number of urea groups is 1. The Balaban J connectivity index is 1.35. The average Bonchev–Trinajstić information content (AvgIpc) is 3.25. The topological polar surface area (TPSA) is 70.6 Å². The molecule has 8 heteroatoms. The van der Waals surface area contributed by atoms with Crippen LogP contribution in [-0.2, 0) is 0 Å². The Kier molecular flexibility index (Phi) is 5.38. The molecule has 1 saturated heterocycles. The summed E-state index contributed by atoms with van der Waals surface area (Å²) in [5.41, 5.74) is 1.77. The van der Waals surface area contributed by atoms with Crippen molar-refractivity contribution in [1.82, 2.24) is 14.3 Å². The predicted molar refractivity (Wildman–Crippen MR) is 111 cm³/mol. The number of aromatic nitrogens is 2. The van der Waals surface area contributed by atoms with Crippen molar-refractivity contribution in [3.05, 3.63) is 54.6 Å². The van der Waals surface area contributed by atoms with Gasteiger partial charge in [0, 0.05) is 49.0 Å². The number of piperazine rings is 1. The van der Waals surface area contributed by atoms with Gasteiger partial charge in [0.25, 0.3) is 0 Å². The third kappa shape index (κ3) is 4.07. The molecule has 0 radical (unpaired) electrons. The molecule has 3 aromatic rings. The molecule has 0 bridgehead atoms. The lowest BCUT2D eigenvalue weighted by Crippen LogP contribution is -2.50. The molecule has 0 unspecified atom stereocenters. The van der Waals surface area contributed by atoms with Crippen molar-refractivity contribution in [2.24, 2.45) is 0 Å². The van der Waals surface area contributed by atoms with Crippen LogP contribution >= 0.6 is 11.5 Å². The molecular weight excluding hydrogens is 374 g/mol. The van der Waals surface area contributed by atoms with Gasteiger partial charge in [-0.25, -0.2) is 4.79 Å². The van der Waals surface area contributed by atoms with Crippen LogP contribution in [0, 0.1) is 0 Å². The zero-order chi connectivity index (χ0) is 19.3. The minimum Gasteiger partial charge on any atom is -0.497 e. The molecule has 4 rings (SSSR count). The number of nitrogens with zero attached hydrogens (tertiary/aromatic N) is 4. The highest BCUT2D eigenvalue weighted by Gasteiger charge is 2.23. The van der Waals surface area contributed by atoms with E-state index in [1.165, 1.54) is 11.5 Å². The van der Waals surface area contributed by atoms with Crippen LogP contribution in [0.25, 0.3) is 11.4 Å². The first kappa shape index (κ1) is 18.2. The molecule has 1 fully saturated rings. The predicted octanol–water partition coefficient (Wildman–Crippen LogP) is 3.57. The summed E-state index contributed by atoms with van der Waals surface area (Å²) >= 11 is 1.39. The summed E-state index contributed by atoms with van der Waals surface area (Å²) in [5, 5.41) is 3.82. The number of rotatable bonds is 4. The second-order valence-electron chi connectivity index (χ2n) is 6.40. The van der Waals surface area contributed by atoms with Crippen molar-refractivity contribution >= 4 is 28.4 Å². The Morgan fingerprint density at radius 1 is 1.04 bits per heavy atom. The van der Waals surface area contributed by atoms with E-state index in [4.69, 9.17) is 4.74 Å². The highest BCUT2D eigenvalue weighted by Crippen LogP contribution is 2.26. The first-order valence-corrected chi connectivity index (χ1v) is 9.84. The number of amides is 2. The fourth-order valence-corrected chi connectivity index (χ4v) is 3.77. The number of nitrogens with one attached hydrogen (secondary N) is 1. The zero-order valence-electron chi connectivity index (χ0n) is 15.5. The zero-order valence-corrected chi connectivity index (χ0v) is 16.4. The van der Waals surface area contributed by atoms with E-state index in [1.54, 1.807) is 7.11 Å². The summed E-state index contributed by atoms with van der Waals surface area (Å²) in [6.45, 7) is 2.77. The highest BCUT2D eigenvalue weighted by atomic mass is 32.1. The van der Waals surface area contributed by atoms with Gasteiger partial charge < -0.3 is 19.9 Å². The van der Waals surface area contributed by atoms with Crippen LogP contribution in [0.5, 0.6) is 5.75 Å². The van der Waals surface area contributed by atoms with E-state index < -0.39 is 0 Å². The van der Waals surface area contributed by atoms with Gasteiger partial charge in [0.05, 0.1) is 7.11 Å². The van der Waals surface area contributed by atoms with Crippen molar-refractivity contribution in [3.8, 4) is 17.1 Å². The summed E-state index contributed by atoms with van der Waals surface area (Å²) in [5.74, 6) is 1.52. The van der Waals surface area contributed by atoms with Crippen molar-refractivity contribution in [3.63, 3.8) is 0 Å². The number of ether oxygens (including phenoxy) is 1. The third-order valence-electron chi connectivity index (χ3n) is 4.63. The molecular formula is C20H21N5O2S. The van der Waals surface area contributed by atoms with Crippen LogP contribution in [0.4, 0.5) is 15.6 Å². The Bertz CT molecular complexity index is 921. The number of carbonyl (C=O) groups is 1. The van der Waals surface area contributed by atoms with Crippen molar-refractivity contribution < 1.29 is 9.53 Å². The molecule has 0 spiro atoms. The van der Waals surface area contributed by atoms with Gasteiger partial charge in [-0.2, -0.15) is 9.36 Å². The number of benzene rings is 2. The molecule has 28 heavy (non-hydrogen) atoms. The van der Waals surface area contributed by atoms with Gasteiger partial charge in [-0.1, -0.05) is 18.2 Å². The van der Waals surface area contributed by atoms with Gasteiger partial charge in [0.1, 0.15) is 5.75 Å². The van der Waals surface area contributed by atoms with Crippen LogP contribution in [0.1, 0.15) is 0 Å². The highest BCUT2D eigenvalue weighted by molar-refractivity contribution is 7.09. The van der Waals surface area contributed by atoms with Crippen LogP contribution in [0.2, 0.25) is 0 Å². The summed E-state index contributed by atoms with van der Waals surface area (Å²) in [6.07, 6.45) is 0. The van der Waals surface area contributed by atoms with Crippen LogP contribution < -0.4 is 15.0 Å². The molecule has 144 valence electrons. The standard InChI is InChI=1S/C20H21N5O2S/c1-27-17-9-7-15(8-10-17)18-22-20(28-23-18)25-13-11-24(12-14-25)19(26)21-16-5-3-2-4-6-16/h2-10H,11-14H2,1H3,(H,21,26). The molecule has 1 aromatic heterocycles. The SMILES string of the molecule is COc1ccc(-c2nsc(N3CCN(C(=O)Nc4ccccc4)CC3)n2)cc1. The van der Waals surface area contributed by atoms with Crippen LogP contribution in [-0.4, -0.2) is 53.6 Å². The van der Waals surface area contributed by atoms with E-state index in [-0.39, 0.29) is 6.03 Å². The van der Waals surface area contributed by atoms with E-state index in [1.807, 2.05) is 59.5 Å². The summed E-state index contributed by atoms with van der Waals surface area (Å²) in [6, 6.07) is 17.2. The summed E-state index contributed by atoms with van der Waals surface area (Å²) < 4.78 is 9.67. The van der Waals surface area contributed by atoms with Gasteiger partial charge in [0.2, 0.25) is 5.13 Å². The van der Waals surface area contributed by atoms with Crippen LogP contribution in [0.15, 0.2) is 54.6 Å². The van der Waals surface area contributed by atoms with Crippen LogP contribution in [0.3, 0.4) is 0 Å². The van der Waals surface area contributed by atoms with E-state index in [0.717, 1.165) is 35.2 Å². The van der Waals surface area contributed by atoms with Gasteiger partial charge in [-0.15, -0.1) is 0 Å². The monoisotopic (exact) mass is 395 g/mol. The molecule has 0 atom stereocenters. The molecule has 2 heterocycles. The van der Waals surface area contributed by atoms with E-state index in [2.05, 4.69) is 19.6 Å². The maximum Gasteiger partial charge on any atom is 0.321 e. The molecule has 1 aliphatic heterocycles. The quantitative estimate of drug-likeness (QED) is 0.731. The first-order valence-electron chi connectivity index (χ1n) is 9.07. The molecule has 1 N–H and O–H groups in total. The lowest BCUT2D eigenvalue weighted by Gasteiger charge is -2.34. The minimum atomic E-state index is -0.0676. The Hall–Kier alpha value is -3.13. The normalized spacial score (nSPS) is 14.0. The number of anilines is 2. The fraction of sp³-hybridized carbons (Fsp3) is 0.250. The number of carbonyl (C=O) groups excluding carboxylic acids is 1. The number of methoxy groups -OCH3 is 1. The molecule has 7 nitrogen and oxygen atoms in total. The Labute approximate surface area is 167 Å². The minimum absolute atomic E-state index is 0.0676. The lowest BCUT2D eigenvalue weighted by molar-refractivity contribution is 0.208. The number of para-hydroxylation sites is 1. The Morgan fingerprint density at radius 3 is 2.43 bits per heavy atom. The summed E-state index contributed by atoms with van der Waals surface area (Å²) in [7, 11) is 1.65. The molecule has 2 aromatic carbocycles. The second-order valence-corrected chi connectivity index (χ2v) is 7.13. The van der Waals surface area contributed by atoms with E-state index in [9.17, 15) is 4.79 Å². The maximum absolute atomic E-state index is 12.4. The molecule has 1 aliphatic rings. The largest absolute Gasteiger partial charge is 0.497 e. The van der Waals surface area contributed by atoms with E-state index in [0.29, 0.717) is 18.9 Å². The summed E-state index contributed by atoms with van der Waals surface area (Å²) in [4.78, 5) is 21.1. The van der Waals surface area contributed by atoms with Gasteiger partial charge in [0.15, 0.2) is 5.82 Å². The molecule has 0 aliphatic carbocycles. The average molecular weight is 395 g/mol. The number of hydrogen-bond donors (Lipinski definition) is 1. The van der Waals surface area contributed by atoms with Crippen molar-refractivity contribution in [2.75, 3.05) is 43.5 Å². The van der Waals surface area contributed by atoms with Gasteiger partial charge in [-0.05, 0) is 36.4 Å².